The second-order valence-electron chi connectivity index (χ2n) is 10.1. The minimum absolute atomic E-state index is 0.00214. The largest absolute Gasteiger partial charge is 0.445 e. The summed E-state index contributed by atoms with van der Waals surface area (Å²) in [5, 5.41) is 8.45. The number of nitrogens with zero attached hydrogens (tertiary/aromatic N) is 4. The van der Waals surface area contributed by atoms with Crippen LogP contribution in [0.3, 0.4) is 0 Å². The first kappa shape index (κ1) is 31.1. The van der Waals surface area contributed by atoms with Gasteiger partial charge in [0.25, 0.3) is 0 Å². The monoisotopic (exact) mass is 590 g/mol. The van der Waals surface area contributed by atoms with E-state index in [0.29, 0.717) is 12.0 Å². The molecular weight excluding hydrogens is 555 g/mol. The molecule has 0 radical (unpaired) electrons. The molecule has 2 aromatic carbocycles. The Kier molecular flexibility index (Phi) is 10.7. The zero-order valence-electron chi connectivity index (χ0n) is 23.8. The fraction of sp³-hybridized carbons (Fsp3) is 0.355. The molecule has 4 rings (SSSR count). The van der Waals surface area contributed by atoms with Gasteiger partial charge < -0.3 is 25.2 Å². The van der Waals surface area contributed by atoms with Crippen molar-refractivity contribution in [2.24, 2.45) is 0 Å². The van der Waals surface area contributed by atoms with Gasteiger partial charge in [0, 0.05) is 19.6 Å². The van der Waals surface area contributed by atoms with E-state index in [2.05, 4.69) is 23.1 Å². The second kappa shape index (κ2) is 14.8. The molecule has 2 heterocycles. The number of terminal acetylenes is 1. The van der Waals surface area contributed by atoms with Crippen LogP contribution < -0.4 is 10.6 Å². The maximum absolute atomic E-state index is 13.8. The van der Waals surface area contributed by atoms with Crippen molar-refractivity contribution < 1.29 is 28.3 Å². The molecule has 2 atom stereocenters. The van der Waals surface area contributed by atoms with Gasteiger partial charge in [-0.2, -0.15) is 5.01 Å². The van der Waals surface area contributed by atoms with Gasteiger partial charge in [0.2, 0.25) is 11.8 Å². The molecule has 12 heteroatoms. The van der Waals surface area contributed by atoms with Crippen LogP contribution in [-0.4, -0.2) is 88.7 Å². The predicted octanol–water partition coefficient (Wildman–Crippen LogP) is 2.46. The summed E-state index contributed by atoms with van der Waals surface area (Å²) in [6.07, 6.45) is 6.16. The Bertz CT molecular complexity index is 1350. The van der Waals surface area contributed by atoms with Crippen molar-refractivity contribution >= 4 is 23.9 Å². The molecule has 2 N–H and O–H groups in total. The zero-order valence-corrected chi connectivity index (χ0v) is 23.8. The summed E-state index contributed by atoms with van der Waals surface area (Å²) in [7, 11) is 0. The summed E-state index contributed by atoms with van der Waals surface area (Å²) in [6, 6.07) is 13.8. The number of amides is 5. The van der Waals surface area contributed by atoms with E-state index in [-0.39, 0.29) is 64.1 Å². The van der Waals surface area contributed by atoms with Gasteiger partial charge in [-0.3, -0.25) is 9.59 Å². The molecule has 2 aliphatic heterocycles. The van der Waals surface area contributed by atoms with E-state index < -0.39 is 30.1 Å². The molecule has 0 spiro atoms. The lowest BCUT2D eigenvalue weighted by atomic mass is 10.0. The number of piperazine rings is 1. The van der Waals surface area contributed by atoms with Gasteiger partial charge in [-0.1, -0.05) is 61.0 Å². The molecule has 43 heavy (non-hydrogen) atoms. The highest BCUT2D eigenvalue weighted by molar-refractivity contribution is 5.91. The number of rotatable bonds is 11. The molecule has 0 aromatic heterocycles. The molecule has 0 saturated carbocycles. The first-order chi connectivity index (χ1) is 20.8. The fourth-order valence-corrected chi connectivity index (χ4v) is 5.19. The van der Waals surface area contributed by atoms with E-state index in [1.807, 2.05) is 30.3 Å². The molecule has 2 aromatic rings. The minimum Gasteiger partial charge on any atom is -0.445 e. The lowest BCUT2D eigenvalue weighted by Crippen LogP contribution is -2.76. The Morgan fingerprint density at radius 1 is 1.09 bits per heavy atom. The SMILES string of the molecule is C#CCN1CC(=O)N2[C@@H](CCCNC(=O)OCC=C)C(=O)N(Cc3ccc(F)cc3)C[C@@H]2N1C(=O)NCc1ccccc1. The number of nitrogens with one attached hydrogen (secondary N) is 2. The van der Waals surface area contributed by atoms with Crippen molar-refractivity contribution in [1.29, 1.82) is 0 Å². The van der Waals surface area contributed by atoms with Gasteiger partial charge in [0.15, 0.2) is 0 Å². The highest BCUT2D eigenvalue weighted by Gasteiger charge is 2.51. The van der Waals surface area contributed by atoms with Gasteiger partial charge in [-0.05, 0) is 36.1 Å². The Morgan fingerprint density at radius 3 is 2.53 bits per heavy atom. The number of benzene rings is 2. The van der Waals surface area contributed by atoms with Crippen LogP contribution in [0, 0.1) is 18.2 Å². The second-order valence-corrected chi connectivity index (χ2v) is 10.1. The van der Waals surface area contributed by atoms with Crippen molar-refractivity contribution in [2.75, 3.05) is 32.8 Å². The van der Waals surface area contributed by atoms with E-state index in [9.17, 15) is 23.6 Å². The highest BCUT2D eigenvalue weighted by Crippen LogP contribution is 2.29. The number of urea groups is 1. The Balaban J connectivity index is 1.59. The van der Waals surface area contributed by atoms with Gasteiger partial charge in [0.1, 0.15) is 24.6 Å². The van der Waals surface area contributed by atoms with Crippen molar-refractivity contribution in [3.05, 3.63) is 84.2 Å². The summed E-state index contributed by atoms with van der Waals surface area (Å²) >= 11 is 0. The number of hydrogen-bond acceptors (Lipinski definition) is 6. The molecule has 2 saturated heterocycles. The molecule has 0 aliphatic carbocycles. The summed E-state index contributed by atoms with van der Waals surface area (Å²) in [5.41, 5.74) is 1.58. The van der Waals surface area contributed by atoms with Crippen LogP contribution in [0.4, 0.5) is 14.0 Å². The van der Waals surface area contributed by atoms with Crippen LogP contribution >= 0.6 is 0 Å². The lowest BCUT2D eigenvalue weighted by Gasteiger charge is -2.55. The van der Waals surface area contributed by atoms with Crippen molar-refractivity contribution in [3.8, 4) is 12.3 Å². The average Bonchev–Trinajstić information content (AvgIpc) is 3.00. The van der Waals surface area contributed by atoms with Crippen LogP contribution in [0.25, 0.3) is 0 Å². The Hall–Kier alpha value is -4.89. The zero-order chi connectivity index (χ0) is 30.8. The highest BCUT2D eigenvalue weighted by atomic mass is 19.1. The van der Waals surface area contributed by atoms with Crippen molar-refractivity contribution in [2.45, 2.75) is 38.1 Å². The molecule has 0 unspecified atom stereocenters. The number of carbonyl (C=O) groups excluding carboxylic acids is 4. The van der Waals surface area contributed by atoms with Crippen LogP contribution in [0.15, 0.2) is 67.3 Å². The smallest absolute Gasteiger partial charge is 0.407 e. The molecule has 226 valence electrons. The summed E-state index contributed by atoms with van der Waals surface area (Å²) in [4.78, 5) is 55.9. The van der Waals surface area contributed by atoms with E-state index >= 15 is 0 Å². The third kappa shape index (κ3) is 7.90. The summed E-state index contributed by atoms with van der Waals surface area (Å²) < 4.78 is 18.5. The van der Waals surface area contributed by atoms with Crippen molar-refractivity contribution in [1.82, 2.24) is 30.5 Å². The van der Waals surface area contributed by atoms with Crippen LogP contribution in [0.5, 0.6) is 0 Å². The van der Waals surface area contributed by atoms with E-state index in [4.69, 9.17) is 11.2 Å². The molecule has 5 amide bonds. The Labute approximate surface area is 250 Å². The summed E-state index contributed by atoms with van der Waals surface area (Å²) in [5.74, 6) is 1.46. The maximum atomic E-state index is 13.8. The molecule has 11 nitrogen and oxygen atoms in total. The van der Waals surface area contributed by atoms with Crippen molar-refractivity contribution in [3.63, 3.8) is 0 Å². The minimum atomic E-state index is -0.907. The lowest BCUT2D eigenvalue weighted by molar-refractivity contribution is -0.189. The topological polar surface area (TPSA) is 115 Å². The molecule has 2 aliphatic rings. The van der Waals surface area contributed by atoms with Crippen LogP contribution in [0.2, 0.25) is 0 Å². The number of ether oxygens (including phenoxy) is 1. The molecule has 0 bridgehead atoms. The van der Waals surface area contributed by atoms with Crippen LogP contribution in [0.1, 0.15) is 24.0 Å². The maximum Gasteiger partial charge on any atom is 0.407 e. The summed E-state index contributed by atoms with van der Waals surface area (Å²) in [6.45, 7) is 3.99. The van der Waals surface area contributed by atoms with Gasteiger partial charge in [-0.15, -0.1) is 6.42 Å². The first-order valence-electron chi connectivity index (χ1n) is 14.0. The van der Waals surface area contributed by atoms with E-state index in [1.165, 1.54) is 33.1 Å². The van der Waals surface area contributed by atoms with Gasteiger partial charge in [0.05, 0.1) is 19.6 Å². The first-order valence-corrected chi connectivity index (χ1v) is 14.0. The number of hydrogen-bond donors (Lipinski definition) is 2. The Morgan fingerprint density at radius 2 is 1.84 bits per heavy atom. The third-order valence-electron chi connectivity index (χ3n) is 7.14. The number of fused-ring (bicyclic) bond motifs is 1. The molecule has 2 fully saturated rings. The normalized spacial score (nSPS) is 18.5. The molecular formula is C31H35FN6O5. The van der Waals surface area contributed by atoms with Gasteiger partial charge in [-0.25, -0.2) is 19.0 Å². The predicted molar refractivity (Wildman–Crippen MR) is 156 cm³/mol. The van der Waals surface area contributed by atoms with Crippen LogP contribution in [-0.2, 0) is 27.4 Å². The number of hydrazine groups is 1. The van der Waals surface area contributed by atoms with Gasteiger partial charge >= 0.3 is 12.1 Å². The number of carbonyl (C=O) groups is 4. The van der Waals surface area contributed by atoms with E-state index in [0.717, 1.165) is 5.56 Å². The number of alkyl carbamates (subject to hydrolysis) is 1. The third-order valence-corrected chi connectivity index (χ3v) is 7.14. The van der Waals surface area contributed by atoms with E-state index in [1.54, 1.807) is 17.0 Å². The number of halogens is 1. The quantitative estimate of drug-likeness (QED) is 0.236. The average molecular weight is 591 g/mol. The standard InChI is InChI=1S/C31H35FN6O5/c1-3-17-36-22-28(39)37-26(11-8-16-33-31(42)43-18-4-2)29(40)35(20-24-12-14-25(32)15-13-24)21-27(37)38(36)30(41)34-19-23-9-6-5-7-10-23/h1,4-7,9-10,12-15,26-27H,2,8,11,16-22H2,(H,33,42)(H,34,41)/t26-,27-/m0/s1. The fourth-order valence-electron chi connectivity index (χ4n) is 5.19.